The standard InChI is InChI=1S/C23H23N3O2S2/c1-15-19(12-16-8-5-4-6-9-16)26-23(24-15)30-14-17-13-29-22(25-17)18-10-7-11-20(27-2)21(18)28-3/h4-11,13H,12,14H2,1-3H3,(H,24,26). The van der Waals surface area contributed by atoms with Crippen LogP contribution in [0.2, 0.25) is 0 Å². The second kappa shape index (κ2) is 9.36. The fourth-order valence-corrected chi connectivity index (χ4v) is 4.97. The van der Waals surface area contributed by atoms with Crippen LogP contribution in [0.4, 0.5) is 0 Å². The molecular weight excluding hydrogens is 414 g/mol. The van der Waals surface area contributed by atoms with Crippen molar-refractivity contribution in [1.29, 1.82) is 0 Å². The highest BCUT2D eigenvalue weighted by atomic mass is 32.2. The summed E-state index contributed by atoms with van der Waals surface area (Å²) in [6, 6.07) is 16.3. The molecule has 7 heteroatoms. The number of ether oxygens (including phenoxy) is 2. The molecule has 4 rings (SSSR count). The average molecular weight is 438 g/mol. The quantitative estimate of drug-likeness (QED) is 0.356. The number of hydrogen-bond acceptors (Lipinski definition) is 6. The number of nitrogens with zero attached hydrogens (tertiary/aromatic N) is 2. The van der Waals surface area contributed by atoms with E-state index in [1.54, 1.807) is 37.3 Å². The summed E-state index contributed by atoms with van der Waals surface area (Å²) in [4.78, 5) is 13.0. The van der Waals surface area contributed by atoms with Crippen molar-refractivity contribution in [3.05, 3.63) is 76.6 Å². The summed E-state index contributed by atoms with van der Waals surface area (Å²) in [6.45, 7) is 2.07. The number of methoxy groups -OCH3 is 2. The number of aromatic amines is 1. The van der Waals surface area contributed by atoms with Gasteiger partial charge in [0, 0.05) is 23.2 Å². The van der Waals surface area contributed by atoms with Crippen LogP contribution >= 0.6 is 23.1 Å². The van der Waals surface area contributed by atoms with Gasteiger partial charge in [0.2, 0.25) is 0 Å². The third-order valence-electron chi connectivity index (χ3n) is 4.72. The second-order valence-corrected chi connectivity index (χ2v) is 8.57. The number of thioether (sulfide) groups is 1. The van der Waals surface area contributed by atoms with Gasteiger partial charge in [-0.25, -0.2) is 9.97 Å². The molecule has 0 unspecified atom stereocenters. The summed E-state index contributed by atoms with van der Waals surface area (Å²) < 4.78 is 10.9. The maximum Gasteiger partial charge on any atom is 0.170 e. The van der Waals surface area contributed by atoms with E-state index in [-0.39, 0.29) is 0 Å². The molecule has 5 nitrogen and oxygen atoms in total. The molecule has 0 aliphatic heterocycles. The van der Waals surface area contributed by atoms with Crippen LogP contribution in [-0.2, 0) is 12.2 Å². The summed E-state index contributed by atoms with van der Waals surface area (Å²) in [6.07, 6.45) is 0.834. The SMILES string of the molecule is COc1cccc(-c2nc(CSc3nc(Cc4ccccc4)c(C)[nH]3)cs2)c1OC. The zero-order chi connectivity index (χ0) is 20.9. The lowest BCUT2D eigenvalue weighted by Crippen LogP contribution is -1.93. The molecule has 2 aromatic heterocycles. The van der Waals surface area contributed by atoms with Crippen LogP contribution in [0.15, 0.2) is 59.1 Å². The minimum absolute atomic E-state index is 0.707. The molecule has 0 fully saturated rings. The van der Waals surface area contributed by atoms with Gasteiger partial charge >= 0.3 is 0 Å². The monoisotopic (exact) mass is 437 g/mol. The van der Waals surface area contributed by atoms with Crippen LogP contribution < -0.4 is 9.47 Å². The Kier molecular flexibility index (Phi) is 6.40. The first-order valence-corrected chi connectivity index (χ1v) is 11.4. The summed E-state index contributed by atoms with van der Waals surface area (Å²) in [5.74, 6) is 2.17. The number of nitrogens with one attached hydrogen (secondary N) is 1. The van der Waals surface area contributed by atoms with Gasteiger partial charge in [0.25, 0.3) is 0 Å². The Morgan fingerprint density at radius 2 is 1.83 bits per heavy atom. The van der Waals surface area contributed by atoms with Gasteiger partial charge in [-0.15, -0.1) is 11.3 Å². The molecule has 0 amide bonds. The van der Waals surface area contributed by atoms with Crippen molar-refractivity contribution in [1.82, 2.24) is 15.0 Å². The molecule has 30 heavy (non-hydrogen) atoms. The number of thiazole rings is 1. The number of hydrogen-bond donors (Lipinski definition) is 1. The maximum atomic E-state index is 5.55. The fourth-order valence-electron chi connectivity index (χ4n) is 3.19. The van der Waals surface area contributed by atoms with Crippen LogP contribution in [0.1, 0.15) is 22.6 Å². The maximum absolute atomic E-state index is 5.55. The van der Waals surface area contributed by atoms with Crippen molar-refractivity contribution >= 4 is 23.1 Å². The molecule has 4 aromatic rings. The number of para-hydroxylation sites is 1. The molecule has 0 aliphatic carbocycles. The molecule has 2 heterocycles. The number of rotatable bonds is 8. The van der Waals surface area contributed by atoms with Gasteiger partial charge in [0.15, 0.2) is 16.7 Å². The van der Waals surface area contributed by atoms with Crippen LogP contribution in [0.5, 0.6) is 11.5 Å². The van der Waals surface area contributed by atoms with Gasteiger partial charge in [-0.3, -0.25) is 0 Å². The van der Waals surface area contributed by atoms with Gasteiger partial charge in [0.1, 0.15) is 5.01 Å². The fraction of sp³-hybridized carbons (Fsp3) is 0.217. The van der Waals surface area contributed by atoms with E-state index in [0.29, 0.717) is 11.5 Å². The number of imidazole rings is 1. The molecule has 0 saturated carbocycles. The first kappa shape index (κ1) is 20.5. The number of benzene rings is 2. The van der Waals surface area contributed by atoms with E-state index in [2.05, 4.69) is 41.6 Å². The predicted octanol–water partition coefficient (Wildman–Crippen LogP) is 5.74. The zero-order valence-electron chi connectivity index (χ0n) is 17.1. The van der Waals surface area contributed by atoms with Crippen molar-refractivity contribution in [3.63, 3.8) is 0 Å². The molecular formula is C23H23N3O2S2. The van der Waals surface area contributed by atoms with E-state index in [0.717, 1.165) is 45.0 Å². The number of H-pyrrole nitrogens is 1. The number of aryl methyl sites for hydroxylation is 1. The van der Waals surface area contributed by atoms with E-state index >= 15 is 0 Å². The molecule has 0 saturated heterocycles. The third kappa shape index (κ3) is 4.52. The molecule has 0 atom stereocenters. The molecule has 2 aromatic carbocycles. The Bertz CT molecular complexity index is 1120. The van der Waals surface area contributed by atoms with Crippen molar-refractivity contribution in [2.75, 3.05) is 14.2 Å². The Hall–Kier alpha value is -2.77. The molecule has 0 radical (unpaired) electrons. The molecule has 0 bridgehead atoms. The Labute approximate surface area is 184 Å². The topological polar surface area (TPSA) is 60.0 Å². The van der Waals surface area contributed by atoms with Gasteiger partial charge in [-0.2, -0.15) is 0 Å². The molecule has 0 spiro atoms. The van der Waals surface area contributed by atoms with Crippen LogP contribution in [0.25, 0.3) is 10.6 Å². The van der Waals surface area contributed by atoms with E-state index < -0.39 is 0 Å². The minimum Gasteiger partial charge on any atom is -0.493 e. The van der Waals surface area contributed by atoms with Gasteiger partial charge in [0.05, 0.1) is 31.2 Å². The minimum atomic E-state index is 0.707. The highest BCUT2D eigenvalue weighted by Crippen LogP contribution is 2.39. The largest absolute Gasteiger partial charge is 0.493 e. The third-order valence-corrected chi connectivity index (χ3v) is 6.55. The average Bonchev–Trinajstić information content (AvgIpc) is 3.39. The normalized spacial score (nSPS) is 10.9. The summed E-state index contributed by atoms with van der Waals surface area (Å²) in [5.41, 5.74) is 5.42. The first-order valence-electron chi connectivity index (χ1n) is 9.56. The van der Waals surface area contributed by atoms with E-state index in [9.17, 15) is 0 Å². The van der Waals surface area contributed by atoms with E-state index in [4.69, 9.17) is 19.4 Å². The van der Waals surface area contributed by atoms with Crippen molar-refractivity contribution in [2.45, 2.75) is 24.3 Å². The summed E-state index contributed by atoms with van der Waals surface area (Å²) in [7, 11) is 3.29. The smallest absolute Gasteiger partial charge is 0.170 e. The lowest BCUT2D eigenvalue weighted by molar-refractivity contribution is 0.356. The van der Waals surface area contributed by atoms with Gasteiger partial charge in [-0.1, -0.05) is 48.2 Å². The lowest BCUT2D eigenvalue weighted by Gasteiger charge is -2.10. The van der Waals surface area contributed by atoms with Crippen LogP contribution in [-0.4, -0.2) is 29.2 Å². The summed E-state index contributed by atoms with van der Waals surface area (Å²) in [5, 5.41) is 3.93. The van der Waals surface area contributed by atoms with Crippen molar-refractivity contribution < 1.29 is 9.47 Å². The molecule has 0 aliphatic rings. The first-order chi connectivity index (χ1) is 14.7. The predicted molar refractivity (Wildman–Crippen MR) is 123 cm³/mol. The lowest BCUT2D eigenvalue weighted by atomic mass is 10.1. The van der Waals surface area contributed by atoms with Gasteiger partial charge < -0.3 is 14.5 Å². The van der Waals surface area contributed by atoms with Crippen molar-refractivity contribution in [3.8, 4) is 22.1 Å². The van der Waals surface area contributed by atoms with Crippen LogP contribution in [0, 0.1) is 6.92 Å². The van der Waals surface area contributed by atoms with E-state index in [1.165, 1.54) is 5.56 Å². The molecule has 154 valence electrons. The zero-order valence-corrected chi connectivity index (χ0v) is 18.8. The second-order valence-electron chi connectivity index (χ2n) is 6.75. The Balaban J connectivity index is 1.45. The van der Waals surface area contributed by atoms with Gasteiger partial charge in [-0.05, 0) is 24.6 Å². The molecule has 1 N–H and O–H groups in total. The Morgan fingerprint density at radius 3 is 2.60 bits per heavy atom. The number of aromatic nitrogens is 3. The summed E-state index contributed by atoms with van der Waals surface area (Å²) >= 11 is 3.27. The highest BCUT2D eigenvalue weighted by Gasteiger charge is 2.15. The Morgan fingerprint density at radius 1 is 1.00 bits per heavy atom. The van der Waals surface area contributed by atoms with Crippen molar-refractivity contribution in [2.24, 2.45) is 0 Å². The van der Waals surface area contributed by atoms with Crippen LogP contribution in [0.3, 0.4) is 0 Å². The highest BCUT2D eigenvalue weighted by molar-refractivity contribution is 7.98. The van der Waals surface area contributed by atoms with E-state index in [1.807, 2.05) is 24.3 Å².